The van der Waals surface area contributed by atoms with E-state index >= 15 is 0 Å². The van der Waals surface area contributed by atoms with Crippen molar-refractivity contribution in [2.24, 2.45) is 0 Å². The molecule has 0 aliphatic carbocycles. The Balaban J connectivity index is 1.81. The van der Waals surface area contributed by atoms with Gasteiger partial charge in [-0.2, -0.15) is 0 Å². The number of hydrogen-bond donors (Lipinski definition) is 1. The molecule has 1 amide bonds. The molecule has 31 heavy (non-hydrogen) atoms. The number of anilines is 1. The number of Topliss-reactive ketones (excluding diaryl/α,β-unsaturated/α-hetero) is 1. The summed E-state index contributed by atoms with van der Waals surface area (Å²) < 4.78 is 24.9. The van der Waals surface area contributed by atoms with Crippen LogP contribution in [0.5, 0.6) is 5.75 Å². The molecule has 0 spiro atoms. The molecule has 2 aromatic carbocycles. The Morgan fingerprint density at radius 1 is 1.13 bits per heavy atom. The van der Waals surface area contributed by atoms with Gasteiger partial charge in [-0.3, -0.25) is 14.5 Å². The van der Waals surface area contributed by atoms with Gasteiger partial charge in [-0.05, 0) is 61.0 Å². The number of ketones is 1. The molecule has 1 aliphatic heterocycles. The number of furan rings is 1. The van der Waals surface area contributed by atoms with Crippen molar-refractivity contribution in [3.05, 3.63) is 89.6 Å². The first kappa shape index (κ1) is 20.4. The fourth-order valence-electron chi connectivity index (χ4n) is 3.53. The molecule has 4 rings (SSSR count). The molecular formula is C24H20FNO5. The van der Waals surface area contributed by atoms with Gasteiger partial charge in [-0.25, -0.2) is 4.39 Å². The van der Waals surface area contributed by atoms with Crippen LogP contribution < -0.4 is 9.64 Å². The van der Waals surface area contributed by atoms with E-state index in [9.17, 15) is 19.1 Å². The molecular weight excluding hydrogens is 401 g/mol. The lowest BCUT2D eigenvalue weighted by Gasteiger charge is -2.23. The molecule has 6 nitrogen and oxygen atoms in total. The molecule has 0 saturated carbocycles. The van der Waals surface area contributed by atoms with Gasteiger partial charge in [0, 0.05) is 11.3 Å². The molecule has 1 aliphatic rings. The second-order valence-corrected chi connectivity index (χ2v) is 7.04. The lowest BCUT2D eigenvalue weighted by Crippen LogP contribution is -2.29. The first-order chi connectivity index (χ1) is 15.0. The van der Waals surface area contributed by atoms with Crippen LogP contribution in [0.2, 0.25) is 0 Å². The first-order valence-corrected chi connectivity index (χ1v) is 9.84. The van der Waals surface area contributed by atoms with Gasteiger partial charge >= 0.3 is 0 Å². The Kier molecular flexibility index (Phi) is 5.58. The van der Waals surface area contributed by atoms with E-state index in [1.807, 2.05) is 6.92 Å². The highest BCUT2D eigenvalue weighted by Crippen LogP contribution is 2.42. The summed E-state index contributed by atoms with van der Waals surface area (Å²) in [7, 11) is 0. The van der Waals surface area contributed by atoms with E-state index in [0.717, 1.165) is 17.4 Å². The number of aliphatic hydroxyl groups is 1. The molecule has 1 unspecified atom stereocenters. The summed E-state index contributed by atoms with van der Waals surface area (Å²) in [6.07, 6.45) is 2.26. The Bertz CT molecular complexity index is 1140. The summed E-state index contributed by atoms with van der Waals surface area (Å²) in [4.78, 5) is 27.0. The van der Waals surface area contributed by atoms with Crippen molar-refractivity contribution in [1.82, 2.24) is 0 Å². The minimum Gasteiger partial charge on any atom is -0.507 e. The SMILES string of the molecule is CCCOc1ccc(/C(O)=C2/C(=O)C(=O)N(c3cccc(F)c3)C2c2ccco2)cc1. The highest BCUT2D eigenvalue weighted by atomic mass is 19.1. The zero-order valence-corrected chi connectivity index (χ0v) is 16.7. The summed E-state index contributed by atoms with van der Waals surface area (Å²) in [5, 5.41) is 11.0. The van der Waals surface area contributed by atoms with Crippen LogP contribution in [-0.2, 0) is 9.59 Å². The summed E-state index contributed by atoms with van der Waals surface area (Å²) in [6.45, 7) is 2.55. The molecule has 1 atom stereocenters. The Morgan fingerprint density at radius 2 is 1.90 bits per heavy atom. The van der Waals surface area contributed by atoms with Gasteiger partial charge in [-0.1, -0.05) is 13.0 Å². The monoisotopic (exact) mass is 421 g/mol. The summed E-state index contributed by atoms with van der Waals surface area (Å²) in [5.74, 6) is -1.76. The number of carbonyl (C=O) groups is 2. The topological polar surface area (TPSA) is 80.0 Å². The zero-order chi connectivity index (χ0) is 22.0. The van der Waals surface area contributed by atoms with Crippen molar-refractivity contribution in [2.75, 3.05) is 11.5 Å². The van der Waals surface area contributed by atoms with Gasteiger partial charge in [0.25, 0.3) is 11.7 Å². The molecule has 2 heterocycles. The molecule has 158 valence electrons. The van der Waals surface area contributed by atoms with Crippen LogP contribution in [0.1, 0.15) is 30.7 Å². The maximum atomic E-state index is 13.8. The fourth-order valence-corrected chi connectivity index (χ4v) is 3.53. The van der Waals surface area contributed by atoms with Gasteiger partial charge in [0.05, 0.1) is 18.4 Å². The Morgan fingerprint density at radius 3 is 2.55 bits per heavy atom. The van der Waals surface area contributed by atoms with E-state index in [-0.39, 0.29) is 22.8 Å². The maximum Gasteiger partial charge on any atom is 0.300 e. The standard InChI is InChI=1S/C24H20FNO5/c1-2-12-30-18-10-8-15(9-11-18)22(27)20-21(19-7-4-13-31-19)26(24(29)23(20)28)17-6-3-5-16(25)14-17/h3-11,13-14,21,27H,2,12H2,1H3/b22-20-. The molecule has 1 aromatic heterocycles. The number of hydrogen-bond acceptors (Lipinski definition) is 5. The van der Waals surface area contributed by atoms with Crippen molar-refractivity contribution >= 4 is 23.1 Å². The van der Waals surface area contributed by atoms with E-state index < -0.39 is 23.5 Å². The minimum absolute atomic E-state index is 0.133. The second kappa shape index (κ2) is 8.47. The Labute approximate surface area is 178 Å². The summed E-state index contributed by atoms with van der Waals surface area (Å²) in [5.41, 5.74) is 0.398. The number of benzene rings is 2. The van der Waals surface area contributed by atoms with Crippen LogP contribution in [0.15, 0.2) is 76.9 Å². The van der Waals surface area contributed by atoms with Gasteiger partial charge in [0.1, 0.15) is 29.1 Å². The predicted octanol–water partition coefficient (Wildman–Crippen LogP) is 4.83. The van der Waals surface area contributed by atoms with Crippen LogP contribution in [0, 0.1) is 5.82 Å². The third kappa shape index (κ3) is 3.82. The molecule has 7 heteroatoms. The molecule has 1 N–H and O–H groups in total. The number of rotatable bonds is 6. The van der Waals surface area contributed by atoms with Crippen LogP contribution >= 0.6 is 0 Å². The minimum atomic E-state index is -1.03. The highest BCUT2D eigenvalue weighted by molar-refractivity contribution is 6.51. The summed E-state index contributed by atoms with van der Waals surface area (Å²) in [6, 6.07) is 14.1. The average Bonchev–Trinajstić information content (AvgIpc) is 3.39. The van der Waals surface area contributed by atoms with Crippen LogP contribution in [0.25, 0.3) is 5.76 Å². The Hall–Kier alpha value is -3.87. The van der Waals surface area contributed by atoms with Gasteiger partial charge in [0.15, 0.2) is 0 Å². The van der Waals surface area contributed by atoms with Crippen LogP contribution in [0.3, 0.4) is 0 Å². The normalized spacial score (nSPS) is 17.9. The number of aliphatic hydroxyl groups excluding tert-OH is 1. The smallest absolute Gasteiger partial charge is 0.300 e. The number of amides is 1. The second-order valence-electron chi connectivity index (χ2n) is 7.04. The van der Waals surface area contributed by atoms with Crippen molar-refractivity contribution in [2.45, 2.75) is 19.4 Å². The van der Waals surface area contributed by atoms with E-state index in [0.29, 0.717) is 17.9 Å². The van der Waals surface area contributed by atoms with Crippen molar-refractivity contribution in [3.8, 4) is 5.75 Å². The number of nitrogens with zero attached hydrogens (tertiary/aromatic N) is 1. The van der Waals surface area contributed by atoms with Gasteiger partial charge in [-0.15, -0.1) is 0 Å². The lowest BCUT2D eigenvalue weighted by molar-refractivity contribution is -0.132. The number of halogens is 1. The van der Waals surface area contributed by atoms with Crippen molar-refractivity contribution < 1.29 is 28.2 Å². The molecule has 1 saturated heterocycles. The van der Waals surface area contributed by atoms with Gasteiger partial charge < -0.3 is 14.3 Å². The fraction of sp³-hybridized carbons (Fsp3) is 0.167. The molecule has 0 bridgehead atoms. The van der Waals surface area contributed by atoms with E-state index in [1.54, 1.807) is 36.4 Å². The third-order valence-corrected chi connectivity index (χ3v) is 4.94. The van der Waals surface area contributed by atoms with E-state index in [4.69, 9.17) is 9.15 Å². The number of ether oxygens (including phenoxy) is 1. The lowest BCUT2D eigenvalue weighted by atomic mass is 9.99. The third-order valence-electron chi connectivity index (χ3n) is 4.94. The average molecular weight is 421 g/mol. The highest BCUT2D eigenvalue weighted by Gasteiger charge is 2.48. The zero-order valence-electron chi connectivity index (χ0n) is 16.7. The van der Waals surface area contributed by atoms with Crippen LogP contribution in [-0.4, -0.2) is 23.4 Å². The van der Waals surface area contributed by atoms with Crippen LogP contribution in [0.4, 0.5) is 10.1 Å². The summed E-state index contributed by atoms with van der Waals surface area (Å²) >= 11 is 0. The van der Waals surface area contributed by atoms with Crippen molar-refractivity contribution in [1.29, 1.82) is 0 Å². The predicted molar refractivity (Wildman–Crippen MR) is 112 cm³/mol. The largest absolute Gasteiger partial charge is 0.507 e. The number of carbonyl (C=O) groups excluding carboxylic acids is 2. The molecule has 3 aromatic rings. The molecule has 1 fully saturated rings. The van der Waals surface area contributed by atoms with Crippen molar-refractivity contribution in [3.63, 3.8) is 0 Å². The molecule has 0 radical (unpaired) electrons. The van der Waals surface area contributed by atoms with Gasteiger partial charge in [0.2, 0.25) is 0 Å². The first-order valence-electron chi connectivity index (χ1n) is 9.84. The quantitative estimate of drug-likeness (QED) is 0.350. The maximum absolute atomic E-state index is 13.8. The van der Waals surface area contributed by atoms with E-state index in [1.165, 1.54) is 24.5 Å². The van der Waals surface area contributed by atoms with E-state index in [2.05, 4.69) is 0 Å².